The summed E-state index contributed by atoms with van der Waals surface area (Å²) in [7, 11) is 3.83. The zero-order chi connectivity index (χ0) is 12.1. The molecule has 0 aliphatic carbocycles. The zero-order valence-corrected chi connectivity index (χ0v) is 10.2. The van der Waals surface area contributed by atoms with Crippen molar-refractivity contribution in [3.63, 3.8) is 0 Å². The van der Waals surface area contributed by atoms with Crippen molar-refractivity contribution in [1.29, 1.82) is 0 Å². The maximum atomic E-state index is 5.71. The molecule has 2 rings (SSSR count). The van der Waals surface area contributed by atoms with Gasteiger partial charge in [0, 0.05) is 25.4 Å². The first kappa shape index (κ1) is 11.7. The van der Waals surface area contributed by atoms with Crippen molar-refractivity contribution in [3.05, 3.63) is 47.8 Å². The smallest absolute Gasteiger partial charge is 0.120 e. The molecule has 0 fully saturated rings. The van der Waals surface area contributed by atoms with Gasteiger partial charge in [0.05, 0.1) is 6.20 Å². The number of nitrogens with one attached hydrogen (secondary N) is 1. The molecule has 0 bridgehead atoms. The minimum Gasteiger partial charge on any atom is -0.489 e. The Bertz CT molecular complexity index is 479. The van der Waals surface area contributed by atoms with E-state index in [4.69, 9.17) is 4.74 Å². The average molecular weight is 231 g/mol. The molecule has 17 heavy (non-hydrogen) atoms. The molecule has 2 aromatic rings. The SMILES string of the molecule is CNCc1cccc(OCc2cnn(C)c2)c1. The van der Waals surface area contributed by atoms with Crippen molar-refractivity contribution in [2.45, 2.75) is 13.2 Å². The lowest BCUT2D eigenvalue weighted by Gasteiger charge is -2.06. The summed E-state index contributed by atoms with van der Waals surface area (Å²) in [5.41, 5.74) is 2.29. The van der Waals surface area contributed by atoms with Crippen LogP contribution in [0.3, 0.4) is 0 Å². The van der Waals surface area contributed by atoms with Crippen LogP contribution in [-0.2, 0) is 20.2 Å². The second kappa shape index (κ2) is 5.50. The summed E-state index contributed by atoms with van der Waals surface area (Å²) >= 11 is 0. The van der Waals surface area contributed by atoms with Gasteiger partial charge < -0.3 is 10.1 Å². The van der Waals surface area contributed by atoms with E-state index < -0.39 is 0 Å². The lowest BCUT2D eigenvalue weighted by atomic mass is 10.2. The Balaban J connectivity index is 1.96. The summed E-state index contributed by atoms with van der Waals surface area (Å²) in [6, 6.07) is 8.10. The van der Waals surface area contributed by atoms with Gasteiger partial charge >= 0.3 is 0 Å². The number of hydrogen-bond donors (Lipinski definition) is 1. The van der Waals surface area contributed by atoms with E-state index in [-0.39, 0.29) is 0 Å². The van der Waals surface area contributed by atoms with Gasteiger partial charge in [0.15, 0.2) is 0 Å². The van der Waals surface area contributed by atoms with E-state index in [9.17, 15) is 0 Å². The van der Waals surface area contributed by atoms with Gasteiger partial charge in [-0.2, -0.15) is 5.10 Å². The van der Waals surface area contributed by atoms with E-state index >= 15 is 0 Å². The van der Waals surface area contributed by atoms with E-state index in [0.717, 1.165) is 17.9 Å². The van der Waals surface area contributed by atoms with Crippen LogP contribution < -0.4 is 10.1 Å². The maximum Gasteiger partial charge on any atom is 0.120 e. The summed E-state index contributed by atoms with van der Waals surface area (Å²) in [5, 5.41) is 7.22. The molecule has 0 unspecified atom stereocenters. The van der Waals surface area contributed by atoms with Crippen LogP contribution in [0.4, 0.5) is 0 Å². The molecule has 0 aliphatic heterocycles. The van der Waals surface area contributed by atoms with Crippen LogP contribution in [0.25, 0.3) is 0 Å². The Morgan fingerprint density at radius 3 is 2.94 bits per heavy atom. The monoisotopic (exact) mass is 231 g/mol. The Kier molecular flexibility index (Phi) is 3.77. The fourth-order valence-electron chi connectivity index (χ4n) is 1.66. The summed E-state index contributed by atoms with van der Waals surface area (Å²) in [4.78, 5) is 0. The molecule has 1 N–H and O–H groups in total. The van der Waals surface area contributed by atoms with Crippen LogP contribution in [-0.4, -0.2) is 16.8 Å². The lowest BCUT2D eigenvalue weighted by molar-refractivity contribution is 0.306. The zero-order valence-electron chi connectivity index (χ0n) is 10.2. The highest BCUT2D eigenvalue weighted by atomic mass is 16.5. The van der Waals surface area contributed by atoms with E-state index in [1.54, 1.807) is 4.68 Å². The third kappa shape index (κ3) is 3.32. The Hall–Kier alpha value is -1.81. The highest BCUT2D eigenvalue weighted by Gasteiger charge is 1.99. The largest absolute Gasteiger partial charge is 0.489 e. The van der Waals surface area contributed by atoms with Crippen molar-refractivity contribution in [2.24, 2.45) is 7.05 Å². The number of ether oxygens (including phenoxy) is 1. The molecule has 1 heterocycles. The molecule has 1 aromatic carbocycles. The molecule has 4 nitrogen and oxygen atoms in total. The molecule has 0 radical (unpaired) electrons. The number of rotatable bonds is 5. The number of benzene rings is 1. The van der Waals surface area contributed by atoms with Crippen molar-refractivity contribution < 1.29 is 4.74 Å². The predicted molar refractivity (Wildman–Crippen MR) is 66.7 cm³/mol. The summed E-state index contributed by atoms with van der Waals surface area (Å²) in [6.07, 6.45) is 3.77. The van der Waals surface area contributed by atoms with Crippen molar-refractivity contribution in [2.75, 3.05) is 7.05 Å². The van der Waals surface area contributed by atoms with Crippen molar-refractivity contribution >= 4 is 0 Å². The first-order chi connectivity index (χ1) is 8.28. The molecule has 0 amide bonds. The van der Waals surface area contributed by atoms with Crippen molar-refractivity contribution in [1.82, 2.24) is 15.1 Å². The second-order valence-corrected chi connectivity index (χ2v) is 3.99. The highest BCUT2D eigenvalue weighted by Crippen LogP contribution is 2.14. The van der Waals surface area contributed by atoms with Crippen LogP contribution >= 0.6 is 0 Å². The summed E-state index contributed by atoms with van der Waals surface area (Å²) < 4.78 is 7.49. The molecule has 0 aliphatic rings. The third-order valence-electron chi connectivity index (χ3n) is 2.44. The number of nitrogens with zero attached hydrogens (tertiary/aromatic N) is 2. The van der Waals surface area contributed by atoms with E-state index in [0.29, 0.717) is 6.61 Å². The van der Waals surface area contributed by atoms with Crippen LogP contribution in [0.2, 0.25) is 0 Å². The quantitative estimate of drug-likeness (QED) is 0.851. The van der Waals surface area contributed by atoms with E-state index in [1.165, 1.54) is 5.56 Å². The maximum absolute atomic E-state index is 5.71. The predicted octanol–water partition coefficient (Wildman–Crippen LogP) is 1.72. The number of hydrogen-bond acceptors (Lipinski definition) is 3. The normalized spacial score (nSPS) is 10.5. The van der Waals surface area contributed by atoms with Gasteiger partial charge in [-0.05, 0) is 24.7 Å². The Morgan fingerprint density at radius 1 is 1.35 bits per heavy atom. The number of aromatic nitrogens is 2. The summed E-state index contributed by atoms with van der Waals surface area (Å²) in [5.74, 6) is 0.890. The molecule has 90 valence electrons. The topological polar surface area (TPSA) is 39.1 Å². The number of aryl methyl sites for hydroxylation is 1. The van der Waals surface area contributed by atoms with Gasteiger partial charge in [-0.25, -0.2) is 0 Å². The molecule has 4 heteroatoms. The molecular weight excluding hydrogens is 214 g/mol. The molecule has 0 atom stereocenters. The molecule has 1 aromatic heterocycles. The first-order valence-corrected chi connectivity index (χ1v) is 5.62. The van der Waals surface area contributed by atoms with Gasteiger partial charge in [0.25, 0.3) is 0 Å². The summed E-state index contributed by atoms with van der Waals surface area (Å²) in [6.45, 7) is 1.40. The van der Waals surface area contributed by atoms with Crippen LogP contribution in [0, 0.1) is 0 Å². The molecule has 0 spiro atoms. The van der Waals surface area contributed by atoms with Gasteiger partial charge in [-0.3, -0.25) is 4.68 Å². The van der Waals surface area contributed by atoms with Gasteiger partial charge in [0.1, 0.15) is 12.4 Å². The van der Waals surface area contributed by atoms with Gasteiger partial charge in [-0.15, -0.1) is 0 Å². The minimum absolute atomic E-state index is 0.552. The molecule has 0 saturated carbocycles. The van der Waals surface area contributed by atoms with Crippen LogP contribution in [0.1, 0.15) is 11.1 Å². The fourth-order valence-corrected chi connectivity index (χ4v) is 1.66. The average Bonchev–Trinajstić information content (AvgIpc) is 2.74. The third-order valence-corrected chi connectivity index (χ3v) is 2.44. The molecular formula is C13H17N3O. The second-order valence-electron chi connectivity index (χ2n) is 3.99. The fraction of sp³-hybridized carbons (Fsp3) is 0.308. The van der Waals surface area contributed by atoms with Crippen LogP contribution in [0.15, 0.2) is 36.7 Å². The first-order valence-electron chi connectivity index (χ1n) is 5.62. The molecule has 0 saturated heterocycles. The Morgan fingerprint density at radius 2 is 2.24 bits per heavy atom. The Labute approximate surface area is 101 Å². The van der Waals surface area contributed by atoms with E-state index in [2.05, 4.69) is 16.5 Å². The van der Waals surface area contributed by atoms with Crippen molar-refractivity contribution in [3.8, 4) is 5.75 Å². The van der Waals surface area contributed by atoms with Crippen LogP contribution in [0.5, 0.6) is 5.75 Å². The van der Waals surface area contributed by atoms with Gasteiger partial charge in [-0.1, -0.05) is 12.1 Å². The highest BCUT2D eigenvalue weighted by molar-refractivity contribution is 5.28. The minimum atomic E-state index is 0.552. The lowest BCUT2D eigenvalue weighted by Crippen LogP contribution is -2.05. The van der Waals surface area contributed by atoms with Gasteiger partial charge in [0.2, 0.25) is 0 Å². The van der Waals surface area contributed by atoms with E-state index in [1.807, 2.05) is 44.7 Å². The standard InChI is InChI=1S/C13H17N3O/c1-14-7-11-4-3-5-13(6-11)17-10-12-8-15-16(2)9-12/h3-6,8-9,14H,7,10H2,1-2H3.